The van der Waals surface area contributed by atoms with Gasteiger partial charge in [-0.25, -0.2) is 0 Å². The van der Waals surface area contributed by atoms with E-state index in [-0.39, 0.29) is 18.5 Å². The summed E-state index contributed by atoms with van der Waals surface area (Å²) in [7, 11) is 0. The van der Waals surface area contributed by atoms with Crippen molar-refractivity contribution in [3.05, 3.63) is 84.4 Å². The lowest BCUT2D eigenvalue weighted by atomic mass is 10.2. The van der Waals surface area contributed by atoms with Crippen molar-refractivity contribution in [1.29, 1.82) is 0 Å². The Morgan fingerprint density at radius 2 is 1.37 bits per heavy atom. The quantitative estimate of drug-likeness (QED) is 0.395. The topological polar surface area (TPSA) is 93.7 Å². The van der Waals surface area contributed by atoms with E-state index in [2.05, 4.69) is 10.6 Å². The van der Waals surface area contributed by atoms with Crippen molar-refractivity contribution in [2.45, 2.75) is 19.0 Å². The van der Waals surface area contributed by atoms with E-state index in [0.29, 0.717) is 17.2 Å². The number of carbonyl (C=O) groups excluding carboxylic acids is 3. The van der Waals surface area contributed by atoms with E-state index in [1.807, 2.05) is 30.3 Å². The predicted octanol–water partition coefficient (Wildman–Crippen LogP) is 5.40. The molecule has 182 valence electrons. The normalized spacial score (nSPS) is 10.8. The second-order valence-corrected chi connectivity index (χ2v) is 7.28. The van der Waals surface area contributed by atoms with Gasteiger partial charge in [0.05, 0.1) is 12.0 Å². The molecule has 0 aliphatic heterocycles. The van der Waals surface area contributed by atoms with Crippen LogP contribution in [0.25, 0.3) is 0 Å². The second-order valence-electron chi connectivity index (χ2n) is 7.28. The van der Waals surface area contributed by atoms with E-state index in [4.69, 9.17) is 9.47 Å². The molecular weight excluding hydrogens is 465 g/mol. The highest BCUT2D eigenvalue weighted by molar-refractivity contribution is 5.94. The van der Waals surface area contributed by atoms with Crippen LogP contribution in [0.15, 0.2) is 78.9 Å². The van der Waals surface area contributed by atoms with Gasteiger partial charge in [0.2, 0.25) is 5.91 Å². The first-order chi connectivity index (χ1) is 16.7. The minimum Gasteiger partial charge on any atom is -0.457 e. The molecule has 10 heteroatoms. The molecule has 35 heavy (non-hydrogen) atoms. The van der Waals surface area contributed by atoms with Crippen LogP contribution in [0.5, 0.6) is 11.5 Å². The van der Waals surface area contributed by atoms with E-state index in [1.165, 1.54) is 6.07 Å². The molecule has 3 rings (SSSR count). The van der Waals surface area contributed by atoms with Crippen LogP contribution < -0.4 is 15.4 Å². The van der Waals surface area contributed by atoms with Gasteiger partial charge in [-0.1, -0.05) is 24.3 Å². The Balaban J connectivity index is 1.37. The third kappa shape index (κ3) is 8.50. The zero-order valence-corrected chi connectivity index (χ0v) is 18.3. The SMILES string of the molecule is O=C(CCC(=O)OCC(=O)Nc1cccc(C(F)(F)F)c1)Nc1ccc(Oc2ccccc2)cc1. The Morgan fingerprint density at radius 3 is 2.06 bits per heavy atom. The Hall–Kier alpha value is -4.34. The number of halogens is 3. The highest BCUT2D eigenvalue weighted by atomic mass is 19.4. The molecule has 0 atom stereocenters. The van der Waals surface area contributed by atoms with Gasteiger partial charge in [-0.2, -0.15) is 13.2 Å². The minimum atomic E-state index is -4.55. The van der Waals surface area contributed by atoms with Crippen molar-refractivity contribution >= 4 is 29.2 Å². The number of para-hydroxylation sites is 1. The Labute approximate surface area is 198 Å². The molecule has 0 saturated heterocycles. The van der Waals surface area contributed by atoms with Crippen LogP contribution in [0, 0.1) is 0 Å². The summed E-state index contributed by atoms with van der Waals surface area (Å²) >= 11 is 0. The minimum absolute atomic E-state index is 0.0829. The number of ether oxygens (including phenoxy) is 2. The number of anilines is 2. The molecule has 0 saturated carbocycles. The van der Waals surface area contributed by atoms with Crippen LogP contribution in [-0.4, -0.2) is 24.4 Å². The largest absolute Gasteiger partial charge is 0.457 e. The van der Waals surface area contributed by atoms with E-state index in [1.54, 1.807) is 24.3 Å². The maximum absolute atomic E-state index is 12.7. The van der Waals surface area contributed by atoms with Gasteiger partial charge in [0, 0.05) is 17.8 Å². The van der Waals surface area contributed by atoms with Gasteiger partial charge in [0.25, 0.3) is 5.91 Å². The van der Waals surface area contributed by atoms with Crippen molar-refractivity contribution in [2.24, 2.45) is 0 Å². The number of benzene rings is 3. The summed E-state index contributed by atoms with van der Waals surface area (Å²) in [6.07, 6.45) is -5.01. The number of amides is 2. The molecule has 0 spiro atoms. The molecule has 2 N–H and O–H groups in total. The molecule has 0 bridgehead atoms. The van der Waals surface area contributed by atoms with Crippen molar-refractivity contribution in [3.63, 3.8) is 0 Å². The Morgan fingerprint density at radius 1 is 0.714 bits per heavy atom. The molecule has 0 aliphatic carbocycles. The summed E-state index contributed by atoms with van der Waals surface area (Å²) < 4.78 is 48.6. The fraction of sp³-hybridized carbons (Fsp3) is 0.160. The van der Waals surface area contributed by atoms with Gasteiger partial charge >= 0.3 is 12.1 Å². The molecule has 3 aromatic rings. The molecule has 3 aromatic carbocycles. The highest BCUT2D eigenvalue weighted by Gasteiger charge is 2.30. The van der Waals surface area contributed by atoms with Gasteiger partial charge < -0.3 is 20.1 Å². The first-order valence-corrected chi connectivity index (χ1v) is 10.4. The third-order valence-corrected chi connectivity index (χ3v) is 4.51. The summed E-state index contributed by atoms with van der Waals surface area (Å²) in [5.74, 6) is -0.787. The zero-order chi connectivity index (χ0) is 25.3. The lowest BCUT2D eigenvalue weighted by molar-refractivity contribution is -0.147. The number of hydrogen-bond donors (Lipinski definition) is 2. The van der Waals surface area contributed by atoms with E-state index < -0.39 is 36.1 Å². The zero-order valence-electron chi connectivity index (χ0n) is 18.3. The highest BCUT2D eigenvalue weighted by Crippen LogP contribution is 2.30. The Kier molecular flexibility index (Phi) is 8.44. The summed E-state index contributed by atoms with van der Waals surface area (Å²) in [5, 5.41) is 4.85. The summed E-state index contributed by atoms with van der Waals surface area (Å²) in [6, 6.07) is 19.9. The van der Waals surface area contributed by atoms with Crippen LogP contribution >= 0.6 is 0 Å². The average Bonchev–Trinajstić information content (AvgIpc) is 2.83. The monoisotopic (exact) mass is 486 g/mol. The molecule has 0 heterocycles. The second kappa shape index (κ2) is 11.7. The summed E-state index contributed by atoms with van der Waals surface area (Å²) in [6.45, 7) is -0.695. The van der Waals surface area contributed by atoms with Crippen molar-refractivity contribution in [2.75, 3.05) is 17.2 Å². The van der Waals surface area contributed by atoms with E-state index in [0.717, 1.165) is 18.2 Å². The van der Waals surface area contributed by atoms with Crippen LogP contribution in [0.3, 0.4) is 0 Å². The molecule has 0 aromatic heterocycles. The van der Waals surface area contributed by atoms with Crippen LogP contribution in [0.1, 0.15) is 18.4 Å². The molecule has 7 nitrogen and oxygen atoms in total. The number of esters is 1. The summed E-state index contributed by atoms with van der Waals surface area (Å²) in [4.78, 5) is 35.7. The van der Waals surface area contributed by atoms with Gasteiger partial charge in [-0.05, 0) is 54.6 Å². The lowest BCUT2D eigenvalue weighted by Gasteiger charge is -2.10. The van der Waals surface area contributed by atoms with Crippen LogP contribution in [0.4, 0.5) is 24.5 Å². The number of hydrogen-bond acceptors (Lipinski definition) is 5. The van der Waals surface area contributed by atoms with Crippen LogP contribution in [0.2, 0.25) is 0 Å². The fourth-order valence-electron chi connectivity index (χ4n) is 2.86. The van der Waals surface area contributed by atoms with Gasteiger partial charge in [-0.15, -0.1) is 0 Å². The molecule has 2 amide bonds. The molecule has 0 radical (unpaired) electrons. The number of rotatable bonds is 9. The number of carbonyl (C=O) groups is 3. The first-order valence-electron chi connectivity index (χ1n) is 10.4. The van der Waals surface area contributed by atoms with E-state index >= 15 is 0 Å². The molecule has 0 aliphatic rings. The van der Waals surface area contributed by atoms with E-state index in [9.17, 15) is 27.6 Å². The van der Waals surface area contributed by atoms with Crippen molar-refractivity contribution in [3.8, 4) is 11.5 Å². The lowest BCUT2D eigenvalue weighted by Crippen LogP contribution is -2.22. The average molecular weight is 486 g/mol. The first kappa shape index (κ1) is 25.3. The third-order valence-electron chi connectivity index (χ3n) is 4.51. The smallest absolute Gasteiger partial charge is 0.416 e. The van der Waals surface area contributed by atoms with Crippen molar-refractivity contribution < 1.29 is 37.0 Å². The van der Waals surface area contributed by atoms with Gasteiger partial charge in [0.1, 0.15) is 11.5 Å². The predicted molar refractivity (Wildman–Crippen MR) is 122 cm³/mol. The maximum Gasteiger partial charge on any atom is 0.416 e. The molecule has 0 fully saturated rings. The fourth-order valence-corrected chi connectivity index (χ4v) is 2.86. The number of nitrogens with one attached hydrogen (secondary N) is 2. The molecule has 0 unspecified atom stereocenters. The standard InChI is InChI=1S/C25H21F3N2O5/c26-25(27,28)17-5-4-6-19(15-17)30-23(32)16-34-24(33)14-13-22(31)29-18-9-11-21(12-10-18)35-20-7-2-1-3-8-20/h1-12,15H,13-14,16H2,(H,29,31)(H,30,32). The van der Waals surface area contributed by atoms with Gasteiger partial charge in [-0.3, -0.25) is 14.4 Å². The number of alkyl halides is 3. The molecular formula is C25H21F3N2O5. The Bertz CT molecular complexity index is 1170. The van der Waals surface area contributed by atoms with Crippen molar-refractivity contribution in [1.82, 2.24) is 0 Å². The van der Waals surface area contributed by atoms with Gasteiger partial charge in [0.15, 0.2) is 6.61 Å². The van der Waals surface area contributed by atoms with Crippen LogP contribution in [-0.2, 0) is 25.3 Å². The maximum atomic E-state index is 12.7. The summed E-state index contributed by atoms with van der Waals surface area (Å²) in [5.41, 5.74) is -0.499.